The summed E-state index contributed by atoms with van der Waals surface area (Å²) < 4.78 is 5.41. The Balaban J connectivity index is 2.09. The van der Waals surface area contributed by atoms with Gasteiger partial charge in [-0.2, -0.15) is 0 Å². The zero-order chi connectivity index (χ0) is 13.5. The van der Waals surface area contributed by atoms with Crippen molar-refractivity contribution >= 4 is 17.6 Å². The molecule has 0 amide bonds. The van der Waals surface area contributed by atoms with Crippen LogP contribution in [0, 0.1) is 0 Å². The Labute approximate surface area is 119 Å². The predicted molar refractivity (Wildman–Crippen MR) is 79.9 cm³/mol. The van der Waals surface area contributed by atoms with Crippen molar-refractivity contribution in [2.75, 3.05) is 25.1 Å². The van der Waals surface area contributed by atoms with Crippen LogP contribution in [0.3, 0.4) is 0 Å². The molecule has 2 rings (SSSR count). The molecule has 1 N–H and O–H groups in total. The molecule has 1 aliphatic rings. The maximum atomic E-state index is 5.41. The van der Waals surface area contributed by atoms with Gasteiger partial charge in [0, 0.05) is 30.6 Å². The molecular weight excluding hydrogens is 258 g/mol. The summed E-state index contributed by atoms with van der Waals surface area (Å²) >= 11 is 1.89. The topological polar surface area (TPSA) is 47.0 Å². The maximum absolute atomic E-state index is 5.41. The molecule has 1 fully saturated rings. The SMILES string of the molecule is CCCNc1ncnc(SC2CCOCC2)c1CC. The minimum absolute atomic E-state index is 0.632. The molecule has 0 atom stereocenters. The molecule has 0 unspecified atom stereocenters. The summed E-state index contributed by atoms with van der Waals surface area (Å²) in [6.07, 6.45) is 6.00. The third kappa shape index (κ3) is 4.08. The van der Waals surface area contributed by atoms with Gasteiger partial charge in [-0.25, -0.2) is 9.97 Å². The van der Waals surface area contributed by atoms with E-state index in [9.17, 15) is 0 Å². The first kappa shape index (κ1) is 14.6. The van der Waals surface area contributed by atoms with E-state index < -0.39 is 0 Å². The first-order valence-electron chi connectivity index (χ1n) is 7.17. The van der Waals surface area contributed by atoms with Crippen molar-refractivity contribution in [3.63, 3.8) is 0 Å². The highest BCUT2D eigenvalue weighted by molar-refractivity contribution is 7.99. The number of nitrogens with one attached hydrogen (secondary N) is 1. The van der Waals surface area contributed by atoms with Gasteiger partial charge in [-0.1, -0.05) is 13.8 Å². The lowest BCUT2D eigenvalue weighted by molar-refractivity contribution is 0.1000. The molecule has 1 saturated heterocycles. The minimum Gasteiger partial charge on any atom is -0.381 e. The van der Waals surface area contributed by atoms with E-state index in [1.54, 1.807) is 6.33 Å². The standard InChI is InChI=1S/C14H23N3OS/c1-3-7-15-13-12(4-2)14(17-10-16-13)19-11-5-8-18-9-6-11/h10-11H,3-9H2,1-2H3,(H,15,16,17). The van der Waals surface area contributed by atoms with E-state index in [2.05, 4.69) is 29.1 Å². The second kappa shape index (κ2) is 7.70. The van der Waals surface area contributed by atoms with Crippen LogP contribution in [0.4, 0.5) is 5.82 Å². The smallest absolute Gasteiger partial charge is 0.133 e. The zero-order valence-corrected chi connectivity index (χ0v) is 12.6. The number of anilines is 1. The molecule has 1 aromatic rings. The maximum Gasteiger partial charge on any atom is 0.133 e. The van der Waals surface area contributed by atoms with Crippen LogP contribution in [0.15, 0.2) is 11.4 Å². The van der Waals surface area contributed by atoms with E-state index in [0.717, 1.165) is 56.3 Å². The first-order valence-corrected chi connectivity index (χ1v) is 8.05. The van der Waals surface area contributed by atoms with Crippen molar-refractivity contribution in [1.29, 1.82) is 0 Å². The molecule has 2 heterocycles. The van der Waals surface area contributed by atoms with E-state index in [-0.39, 0.29) is 0 Å². The quantitative estimate of drug-likeness (QED) is 0.812. The Hall–Kier alpha value is -0.810. The molecule has 4 nitrogen and oxygen atoms in total. The lowest BCUT2D eigenvalue weighted by Gasteiger charge is -2.22. The lowest BCUT2D eigenvalue weighted by atomic mass is 10.2. The molecule has 5 heteroatoms. The second-order valence-corrected chi connectivity index (χ2v) is 6.00. The van der Waals surface area contributed by atoms with Crippen molar-refractivity contribution in [2.45, 2.75) is 49.8 Å². The van der Waals surface area contributed by atoms with Gasteiger partial charge in [0.05, 0.1) is 0 Å². The zero-order valence-electron chi connectivity index (χ0n) is 11.8. The molecule has 0 spiro atoms. The number of rotatable bonds is 6. The Bertz CT molecular complexity index is 394. The molecule has 1 aromatic heterocycles. The molecule has 0 aliphatic carbocycles. The van der Waals surface area contributed by atoms with Crippen molar-refractivity contribution < 1.29 is 4.74 Å². The molecule has 1 aliphatic heterocycles. The molecule has 106 valence electrons. The summed E-state index contributed by atoms with van der Waals surface area (Å²) in [5, 5.41) is 5.18. The highest BCUT2D eigenvalue weighted by Crippen LogP contribution is 2.32. The van der Waals surface area contributed by atoms with E-state index in [4.69, 9.17) is 4.74 Å². The summed E-state index contributed by atoms with van der Waals surface area (Å²) in [4.78, 5) is 8.86. The summed E-state index contributed by atoms with van der Waals surface area (Å²) in [6.45, 7) is 7.06. The molecule has 19 heavy (non-hydrogen) atoms. The fourth-order valence-corrected chi connectivity index (χ4v) is 3.40. The fourth-order valence-electron chi connectivity index (χ4n) is 2.16. The molecule has 0 aromatic carbocycles. The Morgan fingerprint density at radius 2 is 2.11 bits per heavy atom. The van der Waals surface area contributed by atoms with Crippen LogP contribution < -0.4 is 5.32 Å². The number of aromatic nitrogens is 2. The summed E-state index contributed by atoms with van der Waals surface area (Å²) in [7, 11) is 0. The monoisotopic (exact) mass is 281 g/mol. The van der Waals surface area contributed by atoms with Gasteiger partial charge in [-0.15, -0.1) is 11.8 Å². The van der Waals surface area contributed by atoms with Crippen LogP contribution in [-0.2, 0) is 11.2 Å². The van der Waals surface area contributed by atoms with E-state index in [1.165, 1.54) is 5.56 Å². The highest BCUT2D eigenvalue weighted by Gasteiger charge is 2.18. The van der Waals surface area contributed by atoms with Crippen molar-refractivity contribution in [1.82, 2.24) is 9.97 Å². The highest BCUT2D eigenvalue weighted by atomic mass is 32.2. The molecule has 0 radical (unpaired) electrons. The van der Waals surface area contributed by atoms with E-state index >= 15 is 0 Å². The minimum atomic E-state index is 0.632. The molecular formula is C14H23N3OS. The van der Waals surface area contributed by atoms with Gasteiger partial charge in [0.1, 0.15) is 17.2 Å². The van der Waals surface area contributed by atoms with Crippen molar-refractivity contribution in [3.05, 3.63) is 11.9 Å². The predicted octanol–water partition coefficient (Wildman–Crippen LogP) is 3.13. The van der Waals surface area contributed by atoms with Gasteiger partial charge in [-0.05, 0) is 25.7 Å². The van der Waals surface area contributed by atoms with E-state index in [0.29, 0.717) is 5.25 Å². The first-order chi connectivity index (χ1) is 9.35. The molecule has 0 saturated carbocycles. The van der Waals surface area contributed by atoms with Crippen LogP contribution in [0.1, 0.15) is 38.7 Å². The van der Waals surface area contributed by atoms with Crippen LogP contribution in [-0.4, -0.2) is 35.0 Å². The second-order valence-electron chi connectivity index (χ2n) is 4.72. The van der Waals surface area contributed by atoms with Crippen LogP contribution >= 0.6 is 11.8 Å². The van der Waals surface area contributed by atoms with Gasteiger partial charge < -0.3 is 10.1 Å². The summed E-state index contributed by atoms with van der Waals surface area (Å²) in [5.41, 5.74) is 1.26. The largest absolute Gasteiger partial charge is 0.381 e. The van der Waals surface area contributed by atoms with Gasteiger partial charge >= 0.3 is 0 Å². The summed E-state index contributed by atoms with van der Waals surface area (Å²) in [5.74, 6) is 1.01. The van der Waals surface area contributed by atoms with E-state index in [1.807, 2.05) is 11.8 Å². The number of hydrogen-bond donors (Lipinski definition) is 1. The fraction of sp³-hybridized carbons (Fsp3) is 0.714. The van der Waals surface area contributed by atoms with Gasteiger partial charge in [0.2, 0.25) is 0 Å². The average Bonchev–Trinajstić information content (AvgIpc) is 2.46. The Morgan fingerprint density at radius 3 is 2.79 bits per heavy atom. The Kier molecular flexibility index (Phi) is 5.92. The third-order valence-corrected chi connectivity index (χ3v) is 4.63. The van der Waals surface area contributed by atoms with Crippen molar-refractivity contribution in [2.24, 2.45) is 0 Å². The number of thioether (sulfide) groups is 1. The van der Waals surface area contributed by atoms with Gasteiger partial charge in [0.15, 0.2) is 0 Å². The van der Waals surface area contributed by atoms with Crippen molar-refractivity contribution in [3.8, 4) is 0 Å². The normalized spacial score (nSPS) is 16.5. The Morgan fingerprint density at radius 1 is 1.32 bits per heavy atom. The van der Waals surface area contributed by atoms with Crippen LogP contribution in [0.5, 0.6) is 0 Å². The third-order valence-electron chi connectivity index (χ3n) is 3.25. The van der Waals surface area contributed by atoms with Crippen LogP contribution in [0.25, 0.3) is 0 Å². The average molecular weight is 281 g/mol. The number of ether oxygens (including phenoxy) is 1. The van der Waals surface area contributed by atoms with Gasteiger partial charge in [0.25, 0.3) is 0 Å². The van der Waals surface area contributed by atoms with Gasteiger partial charge in [-0.3, -0.25) is 0 Å². The molecule has 0 bridgehead atoms. The summed E-state index contributed by atoms with van der Waals surface area (Å²) in [6, 6.07) is 0. The van der Waals surface area contributed by atoms with Crippen LogP contribution in [0.2, 0.25) is 0 Å². The number of nitrogens with zero attached hydrogens (tertiary/aromatic N) is 2. The lowest BCUT2D eigenvalue weighted by Crippen LogP contribution is -2.18. The number of hydrogen-bond acceptors (Lipinski definition) is 5.